The Labute approximate surface area is 184 Å². The predicted molar refractivity (Wildman–Crippen MR) is 123 cm³/mol. The molecule has 1 aliphatic heterocycles. The lowest BCUT2D eigenvalue weighted by molar-refractivity contribution is 0.122. The van der Waals surface area contributed by atoms with Crippen LogP contribution in [-0.2, 0) is 4.74 Å². The van der Waals surface area contributed by atoms with Crippen molar-refractivity contribution in [1.82, 2.24) is 30.2 Å². The lowest BCUT2D eigenvalue weighted by Crippen LogP contribution is -2.36. The monoisotopic (exact) mass is 423 g/mol. The first kappa shape index (κ1) is 18.7. The van der Waals surface area contributed by atoms with Crippen LogP contribution in [0.15, 0.2) is 73.1 Å². The van der Waals surface area contributed by atoms with E-state index < -0.39 is 0 Å². The Morgan fingerprint density at radius 1 is 0.906 bits per heavy atom. The van der Waals surface area contributed by atoms with Crippen molar-refractivity contribution >= 4 is 16.7 Å². The molecule has 1 N–H and O–H groups in total. The third-order valence-electron chi connectivity index (χ3n) is 5.75. The van der Waals surface area contributed by atoms with Gasteiger partial charge in [0.25, 0.3) is 0 Å². The van der Waals surface area contributed by atoms with Crippen LogP contribution in [0, 0.1) is 0 Å². The number of nitrogens with one attached hydrogen (secondary N) is 1. The fraction of sp³-hybridized carbons (Fsp3) is 0.167. The number of nitrogens with zero attached hydrogens (tertiary/aromatic N) is 6. The third-order valence-corrected chi connectivity index (χ3v) is 5.75. The Morgan fingerprint density at radius 3 is 2.62 bits per heavy atom. The molecule has 0 atom stereocenters. The van der Waals surface area contributed by atoms with Crippen LogP contribution in [0.5, 0.6) is 0 Å². The van der Waals surface area contributed by atoms with Gasteiger partial charge in [-0.3, -0.25) is 5.10 Å². The smallest absolute Gasteiger partial charge is 0.134 e. The molecule has 0 unspecified atom stereocenters. The largest absolute Gasteiger partial charge is 0.378 e. The molecular formula is C24H21N7O. The number of fused-ring (bicyclic) bond motifs is 1. The minimum Gasteiger partial charge on any atom is -0.378 e. The quantitative estimate of drug-likeness (QED) is 0.474. The average Bonchev–Trinajstić information content (AvgIpc) is 3.52. The fourth-order valence-corrected chi connectivity index (χ4v) is 4.03. The number of benzene rings is 2. The summed E-state index contributed by atoms with van der Waals surface area (Å²) < 4.78 is 7.22. The second kappa shape index (κ2) is 7.90. The second-order valence-corrected chi connectivity index (χ2v) is 7.72. The van der Waals surface area contributed by atoms with Gasteiger partial charge in [0.1, 0.15) is 17.2 Å². The van der Waals surface area contributed by atoms with Gasteiger partial charge in [-0.1, -0.05) is 35.5 Å². The van der Waals surface area contributed by atoms with Gasteiger partial charge in [-0.2, -0.15) is 5.10 Å². The van der Waals surface area contributed by atoms with Gasteiger partial charge in [0.15, 0.2) is 0 Å². The zero-order chi connectivity index (χ0) is 21.3. The number of hydrogen-bond donors (Lipinski definition) is 1. The molecule has 0 bridgehead atoms. The molecule has 1 saturated heterocycles. The minimum atomic E-state index is 0.732. The first-order valence-electron chi connectivity index (χ1n) is 10.6. The molecule has 0 saturated carbocycles. The summed E-state index contributed by atoms with van der Waals surface area (Å²) in [7, 11) is 0. The van der Waals surface area contributed by atoms with Gasteiger partial charge >= 0.3 is 0 Å². The number of pyridine rings is 1. The summed E-state index contributed by atoms with van der Waals surface area (Å²) in [6.45, 7) is 3.23. The van der Waals surface area contributed by atoms with Crippen molar-refractivity contribution < 1.29 is 4.74 Å². The van der Waals surface area contributed by atoms with E-state index in [1.807, 2.05) is 54.9 Å². The van der Waals surface area contributed by atoms with Gasteiger partial charge in [0.05, 0.1) is 30.6 Å². The van der Waals surface area contributed by atoms with Crippen LogP contribution in [0.2, 0.25) is 0 Å². The van der Waals surface area contributed by atoms with Crippen LogP contribution < -0.4 is 4.90 Å². The van der Waals surface area contributed by atoms with Gasteiger partial charge in [0, 0.05) is 24.7 Å². The van der Waals surface area contributed by atoms with Crippen molar-refractivity contribution in [3.05, 3.63) is 73.1 Å². The molecule has 32 heavy (non-hydrogen) atoms. The normalized spacial score (nSPS) is 14.2. The number of H-pyrrole nitrogens is 1. The van der Waals surface area contributed by atoms with Gasteiger partial charge in [-0.25, -0.2) is 9.67 Å². The van der Waals surface area contributed by atoms with Crippen molar-refractivity contribution in [1.29, 1.82) is 0 Å². The highest BCUT2D eigenvalue weighted by atomic mass is 16.5. The lowest BCUT2D eigenvalue weighted by atomic mass is 10.1. The topological polar surface area (TPSA) is 84.8 Å². The highest BCUT2D eigenvalue weighted by molar-refractivity contribution is 5.91. The van der Waals surface area contributed by atoms with Crippen molar-refractivity contribution in [2.75, 3.05) is 31.2 Å². The zero-order valence-corrected chi connectivity index (χ0v) is 17.3. The van der Waals surface area contributed by atoms with Crippen molar-refractivity contribution in [2.24, 2.45) is 0 Å². The summed E-state index contributed by atoms with van der Waals surface area (Å²) in [5.41, 5.74) is 5.72. The first-order chi connectivity index (χ1) is 15.8. The molecular weight excluding hydrogens is 402 g/mol. The highest BCUT2D eigenvalue weighted by Gasteiger charge is 2.14. The Hall–Kier alpha value is -4.04. The summed E-state index contributed by atoms with van der Waals surface area (Å²) in [6.07, 6.45) is 3.77. The molecule has 0 aliphatic carbocycles. The number of para-hydroxylation sites is 1. The van der Waals surface area contributed by atoms with Crippen molar-refractivity contribution in [3.63, 3.8) is 0 Å². The summed E-state index contributed by atoms with van der Waals surface area (Å²) in [5.74, 6) is 0.988. The van der Waals surface area contributed by atoms with E-state index in [1.54, 1.807) is 4.68 Å². The van der Waals surface area contributed by atoms with E-state index in [2.05, 4.69) is 48.6 Å². The molecule has 158 valence electrons. The summed E-state index contributed by atoms with van der Waals surface area (Å²) in [5, 5.41) is 17.1. The van der Waals surface area contributed by atoms with Gasteiger partial charge in [0.2, 0.25) is 0 Å². The Morgan fingerprint density at radius 2 is 1.75 bits per heavy atom. The molecule has 3 aromatic heterocycles. The molecule has 5 aromatic rings. The number of aromatic amines is 1. The number of morpholine rings is 1. The van der Waals surface area contributed by atoms with Crippen LogP contribution in [0.3, 0.4) is 0 Å². The van der Waals surface area contributed by atoms with E-state index in [4.69, 9.17) is 4.74 Å². The number of ether oxygens (including phenoxy) is 1. The molecule has 0 spiro atoms. The Balaban J connectivity index is 1.26. The van der Waals surface area contributed by atoms with Crippen LogP contribution in [0.1, 0.15) is 0 Å². The van der Waals surface area contributed by atoms with Gasteiger partial charge in [-0.05, 0) is 41.5 Å². The van der Waals surface area contributed by atoms with Crippen molar-refractivity contribution in [3.8, 4) is 28.2 Å². The SMILES string of the molecule is c1ccc2c(-c3cn(-c4ccc(-c5ccnc(N6CCOCC6)c5)cc4)nn3)n[nH]c2c1. The molecule has 0 radical (unpaired) electrons. The number of rotatable bonds is 4. The van der Waals surface area contributed by atoms with Crippen LogP contribution in [0.4, 0.5) is 5.82 Å². The first-order valence-corrected chi connectivity index (χ1v) is 10.6. The van der Waals surface area contributed by atoms with E-state index in [9.17, 15) is 0 Å². The molecule has 2 aromatic carbocycles. The van der Waals surface area contributed by atoms with E-state index in [1.165, 1.54) is 0 Å². The minimum absolute atomic E-state index is 0.732. The molecule has 4 heterocycles. The maximum Gasteiger partial charge on any atom is 0.134 e. The lowest BCUT2D eigenvalue weighted by Gasteiger charge is -2.28. The maximum atomic E-state index is 5.45. The van der Waals surface area contributed by atoms with E-state index >= 15 is 0 Å². The fourth-order valence-electron chi connectivity index (χ4n) is 4.03. The number of hydrogen-bond acceptors (Lipinski definition) is 6. The molecule has 6 rings (SSSR count). The van der Waals surface area contributed by atoms with E-state index in [0.717, 1.165) is 71.2 Å². The van der Waals surface area contributed by atoms with Crippen molar-refractivity contribution in [2.45, 2.75) is 0 Å². The van der Waals surface area contributed by atoms with Gasteiger partial charge in [-0.15, -0.1) is 5.10 Å². The van der Waals surface area contributed by atoms with Crippen LogP contribution in [-0.4, -0.2) is 56.5 Å². The van der Waals surface area contributed by atoms with Crippen LogP contribution >= 0.6 is 0 Å². The van der Waals surface area contributed by atoms with E-state index in [0.29, 0.717) is 0 Å². The number of aromatic nitrogens is 6. The maximum absolute atomic E-state index is 5.45. The second-order valence-electron chi connectivity index (χ2n) is 7.72. The molecule has 8 heteroatoms. The standard InChI is InChI=1S/C24H21N7O/c1-2-4-21-20(3-1)24(28-26-21)22-16-31(29-27-22)19-7-5-17(6-8-19)18-9-10-25-23(15-18)30-11-13-32-14-12-30/h1-10,15-16H,11-14H2,(H,26,28). The Bertz CT molecular complexity index is 1370. The predicted octanol–water partition coefficient (Wildman–Crippen LogP) is 3.71. The summed E-state index contributed by atoms with van der Waals surface area (Å²) in [4.78, 5) is 6.80. The molecule has 8 nitrogen and oxygen atoms in total. The summed E-state index contributed by atoms with van der Waals surface area (Å²) >= 11 is 0. The zero-order valence-electron chi connectivity index (χ0n) is 17.3. The highest BCUT2D eigenvalue weighted by Crippen LogP contribution is 2.27. The molecule has 0 amide bonds. The van der Waals surface area contributed by atoms with Crippen LogP contribution in [0.25, 0.3) is 39.1 Å². The molecule has 1 aliphatic rings. The third kappa shape index (κ3) is 3.40. The Kier molecular flexibility index (Phi) is 4.62. The van der Waals surface area contributed by atoms with Gasteiger partial charge < -0.3 is 9.64 Å². The van der Waals surface area contributed by atoms with E-state index in [-0.39, 0.29) is 0 Å². The average molecular weight is 423 g/mol. The molecule has 1 fully saturated rings. The summed E-state index contributed by atoms with van der Waals surface area (Å²) in [6, 6.07) is 20.5. The number of anilines is 1.